The molecular weight excluding hydrogens is 214 g/mol. The Morgan fingerprint density at radius 1 is 1.53 bits per heavy atom. The fourth-order valence-electron chi connectivity index (χ4n) is 2.45. The summed E-state index contributed by atoms with van der Waals surface area (Å²) < 4.78 is 10.9. The number of rotatable bonds is 4. The van der Waals surface area contributed by atoms with Crippen molar-refractivity contribution in [2.45, 2.75) is 31.9 Å². The van der Waals surface area contributed by atoms with E-state index in [1.807, 2.05) is 18.2 Å². The van der Waals surface area contributed by atoms with Crippen LogP contribution in [0.4, 0.5) is 0 Å². The van der Waals surface area contributed by atoms with E-state index in [2.05, 4.69) is 13.0 Å². The first-order chi connectivity index (χ1) is 8.20. The molecule has 0 aromatic heterocycles. The molecule has 3 nitrogen and oxygen atoms in total. The maximum Gasteiger partial charge on any atom is 0.119 e. The topological polar surface area (TPSA) is 44.5 Å². The molecule has 1 aliphatic heterocycles. The van der Waals surface area contributed by atoms with Gasteiger partial charge in [-0.1, -0.05) is 19.1 Å². The summed E-state index contributed by atoms with van der Waals surface area (Å²) >= 11 is 0. The minimum atomic E-state index is 0.0691. The van der Waals surface area contributed by atoms with Crippen LogP contribution in [0.2, 0.25) is 0 Å². The molecule has 2 rings (SSSR count). The van der Waals surface area contributed by atoms with Gasteiger partial charge in [0.15, 0.2) is 0 Å². The third-order valence-corrected chi connectivity index (χ3v) is 3.47. The Kier molecular flexibility index (Phi) is 4.02. The normalized spacial score (nSPS) is 25.8. The fourth-order valence-corrected chi connectivity index (χ4v) is 2.45. The average molecular weight is 235 g/mol. The molecule has 94 valence electrons. The zero-order valence-corrected chi connectivity index (χ0v) is 10.6. The summed E-state index contributed by atoms with van der Waals surface area (Å²) in [5.41, 5.74) is 7.44. The van der Waals surface area contributed by atoms with E-state index in [1.54, 1.807) is 7.11 Å². The van der Waals surface area contributed by atoms with Gasteiger partial charge in [-0.25, -0.2) is 0 Å². The van der Waals surface area contributed by atoms with Gasteiger partial charge in [0.05, 0.1) is 13.2 Å². The number of benzene rings is 1. The number of nitrogens with two attached hydrogens (primary N) is 1. The van der Waals surface area contributed by atoms with Crippen LogP contribution >= 0.6 is 0 Å². The molecule has 0 spiro atoms. The Bertz CT molecular complexity index is 367. The molecule has 1 heterocycles. The molecule has 3 heteroatoms. The number of ether oxygens (including phenoxy) is 2. The molecule has 0 bridgehead atoms. The molecule has 17 heavy (non-hydrogen) atoms. The second-order valence-electron chi connectivity index (χ2n) is 4.82. The van der Waals surface area contributed by atoms with Crippen LogP contribution in [0.15, 0.2) is 24.3 Å². The molecule has 0 amide bonds. The third kappa shape index (κ3) is 2.99. The summed E-state index contributed by atoms with van der Waals surface area (Å²) in [7, 11) is 1.68. The van der Waals surface area contributed by atoms with Crippen molar-refractivity contribution in [1.29, 1.82) is 0 Å². The van der Waals surface area contributed by atoms with Crippen molar-refractivity contribution >= 4 is 0 Å². The first-order valence-electron chi connectivity index (χ1n) is 6.21. The Morgan fingerprint density at radius 3 is 3.00 bits per heavy atom. The standard InChI is InChI=1S/C14H21NO2/c1-10-6-7-17-14(10)13(15)9-11-4-3-5-12(8-11)16-2/h3-5,8,10,13-14H,6-7,9,15H2,1-2H3. The minimum Gasteiger partial charge on any atom is -0.497 e. The maximum absolute atomic E-state index is 6.23. The molecule has 1 aromatic rings. The first kappa shape index (κ1) is 12.4. The predicted octanol–water partition coefficient (Wildman–Crippen LogP) is 1.99. The van der Waals surface area contributed by atoms with Gasteiger partial charge in [-0.3, -0.25) is 0 Å². The lowest BCUT2D eigenvalue weighted by Crippen LogP contribution is -2.39. The highest BCUT2D eigenvalue weighted by atomic mass is 16.5. The van der Waals surface area contributed by atoms with Gasteiger partial charge in [0.25, 0.3) is 0 Å². The van der Waals surface area contributed by atoms with E-state index >= 15 is 0 Å². The zero-order valence-electron chi connectivity index (χ0n) is 10.6. The zero-order chi connectivity index (χ0) is 12.3. The van der Waals surface area contributed by atoms with E-state index in [1.165, 1.54) is 5.56 Å². The van der Waals surface area contributed by atoms with Crippen molar-refractivity contribution in [3.8, 4) is 5.75 Å². The quantitative estimate of drug-likeness (QED) is 0.868. The Balaban J connectivity index is 1.99. The van der Waals surface area contributed by atoms with Crippen LogP contribution in [0.1, 0.15) is 18.9 Å². The van der Waals surface area contributed by atoms with Crippen LogP contribution in [0.5, 0.6) is 5.75 Å². The van der Waals surface area contributed by atoms with Crippen LogP contribution in [-0.2, 0) is 11.2 Å². The minimum absolute atomic E-state index is 0.0691. The molecule has 1 saturated heterocycles. The molecule has 0 radical (unpaired) electrons. The van der Waals surface area contributed by atoms with Gasteiger partial charge in [0.1, 0.15) is 5.75 Å². The van der Waals surface area contributed by atoms with Crippen molar-refractivity contribution in [3.05, 3.63) is 29.8 Å². The molecule has 0 aliphatic carbocycles. The molecule has 1 fully saturated rings. The van der Waals surface area contributed by atoms with Crippen molar-refractivity contribution < 1.29 is 9.47 Å². The SMILES string of the molecule is COc1cccc(CC(N)C2OCCC2C)c1. The van der Waals surface area contributed by atoms with E-state index in [0.29, 0.717) is 5.92 Å². The molecular formula is C14H21NO2. The molecule has 1 aliphatic rings. The van der Waals surface area contributed by atoms with Crippen molar-refractivity contribution in [3.63, 3.8) is 0 Å². The second-order valence-corrected chi connectivity index (χ2v) is 4.82. The lowest BCUT2D eigenvalue weighted by atomic mass is 9.93. The van der Waals surface area contributed by atoms with Gasteiger partial charge in [0.2, 0.25) is 0 Å². The van der Waals surface area contributed by atoms with Gasteiger partial charge in [-0.05, 0) is 36.5 Å². The summed E-state index contributed by atoms with van der Waals surface area (Å²) in [6.07, 6.45) is 2.16. The van der Waals surface area contributed by atoms with E-state index in [4.69, 9.17) is 15.2 Å². The number of hydrogen-bond acceptors (Lipinski definition) is 3. The molecule has 3 unspecified atom stereocenters. The van der Waals surface area contributed by atoms with Crippen LogP contribution in [0.3, 0.4) is 0 Å². The average Bonchev–Trinajstić information content (AvgIpc) is 2.76. The summed E-state index contributed by atoms with van der Waals surface area (Å²) in [6, 6.07) is 8.14. The van der Waals surface area contributed by atoms with Crippen molar-refractivity contribution in [1.82, 2.24) is 0 Å². The Hall–Kier alpha value is -1.06. The lowest BCUT2D eigenvalue weighted by Gasteiger charge is -2.22. The van der Waals surface area contributed by atoms with Crippen LogP contribution in [0, 0.1) is 5.92 Å². The van der Waals surface area contributed by atoms with Gasteiger partial charge in [-0.2, -0.15) is 0 Å². The summed E-state index contributed by atoms with van der Waals surface area (Å²) in [5.74, 6) is 1.45. The lowest BCUT2D eigenvalue weighted by molar-refractivity contribution is 0.0726. The van der Waals surface area contributed by atoms with Gasteiger partial charge in [-0.15, -0.1) is 0 Å². The predicted molar refractivity (Wildman–Crippen MR) is 68.2 cm³/mol. The highest BCUT2D eigenvalue weighted by molar-refractivity contribution is 5.29. The van der Waals surface area contributed by atoms with Gasteiger partial charge in [0, 0.05) is 12.6 Å². The second kappa shape index (κ2) is 5.52. The monoisotopic (exact) mass is 235 g/mol. The number of methoxy groups -OCH3 is 1. The van der Waals surface area contributed by atoms with Crippen molar-refractivity contribution in [2.24, 2.45) is 11.7 Å². The molecule has 3 atom stereocenters. The smallest absolute Gasteiger partial charge is 0.119 e. The molecule has 2 N–H and O–H groups in total. The van der Waals surface area contributed by atoms with E-state index in [-0.39, 0.29) is 12.1 Å². The van der Waals surface area contributed by atoms with E-state index < -0.39 is 0 Å². The largest absolute Gasteiger partial charge is 0.497 e. The van der Waals surface area contributed by atoms with Crippen LogP contribution in [0.25, 0.3) is 0 Å². The Morgan fingerprint density at radius 2 is 2.35 bits per heavy atom. The first-order valence-corrected chi connectivity index (χ1v) is 6.21. The molecule has 1 aromatic carbocycles. The Labute approximate surface area is 103 Å². The van der Waals surface area contributed by atoms with E-state index in [9.17, 15) is 0 Å². The maximum atomic E-state index is 6.23. The van der Waals surface area contributed by atoms with Gasteiger partial charge >= 0.3 is 0 Å². The van der Waals surface area contributed by atoms with E-state index in [0.717, 1.165) is 25.2 Å². The highest BCUT2D eigenvalue weighted by Crippen LogP contribution is 2.24. The summed E-state index contributed by atoms with van der Waals surface area (Å²) in [5, 5.41) is 0. The van der Waals surface area contributed by atoms with Crippen molar-refractivity contribution in [2.75, 3.05) is 13.7 Å². The summed E-state index contributed by atoms with van der Waals surface area (Å²) in [4.78, 5) is 0. The molecule has 0 saturated carbocycles. The number of hydrogen-bond donors (Lipinski definition) is 1. The summed E-state index contributed by atoms with van der Waals surface area (Å²) in [6.45, 7) is 3.06. The third-order valence-electron chi connectivity index (χ3n) is 3.47. The highest BCUT2D eigenvalue weighted by Gasteiger charge is 2.29. The van der Waals surface area contributed by atoms with Crippen LogP contribution in [-0.4, -0.2) is 25.9 Å². The van der Waals surface area contributed by atoms with Crippen LogP contribution < -0.4 is 10.5 Å². The fraction of sp³-hybridized carbons (Fsp3) is 0.571. The van der Waals surface area contributed by atoms with Gasteiger partial charge < -0.3 is 15.2 Å².